The molecule has 7 nitrogen and oxygen atoms in total. The number of carbonyl (C=O) groups is 1. The highest BCUT2D eigenvalue weighted by Gasteiger charge is 2.33. The van der Waals surface area contributed by atoms with Gasteiger partial charge in [0.25, 0.3) is 5.92 Å². The average Bonchev–Trinajstić information content (AvgIpc) is 3.07. The van der Waals surface area contributed by atoms with Gasteiger partial charge in [-0.1, -0.05) is 13.0 Å². The van der Waals surface area contributed by atoms with Gasteiger partial charge in [0, 0.05) is 44.7 Å². The van der Waals surface area contributed by atoms with Gasteiger partial charge in [-0.05, 0) is 30.7 Å². The van der Waals surface area contributed by atoms with Crippen LogP contribution in [0.2, 0.25) is 0 Å². The Kier molecular flexibility index (Phi) is 6.02. The Bertz CT molecular complexity index is 896. The summed E-state index contributed by atoms with van der Waals surface area (Å²) in [5.74, 6) is -1.45. The second-order valence-corrected chi connectivity index (χ2v) is 8.46. The molecule has 2 fully saturated rings. The summed E-state index contributed by atoms with van der Waals surface area (Å²) in [6, 6.07) is 3.32. The van der Waals surface area contributed by atoms with E-state index < -0.39 is 12.5 Å². The Morgan fingerprint density at radius 3 is 2.52 bits per heavy atom. The summed E-state index contributed by atoms with van der Waals surface area (Å²) in [5.41, 5.74) is 1.58. The Morgan fingerprint density at radius 1 is 1.16 bits per heavy atom. The largest absolute Gasteiger partial charge is 0.471 e. The van der Waals surface area contributed by atoms with Crippen molar-refractivity contribution in [3.8, 4) is 5.88 Å². The van der Waals surface area contributed by atoms with Crippen LogP contribution in [0.1, 0.15) is 32.3 Å². The Morgan fingerprint density at radius 2 is 1.90 bits per heavy atom. The highest BCUT2D eigenvalue weighted by atomic mass is 19.3. The first kappa shape index (κ1) is 21.4. The molecule has 0 bridgehead atoms. The number of ether oxygens (including phenoxy) is 1. The van der Waals surface area contributed by atoms with Crippen LogP contribution in [-0.2, 0) is 11.2 Å². The third-order valence-electron chi connectivity index (χ3n) is 5.82. The van der Waals surface area contributed by atoms with Crippen molar-refractivity contribution in [3.63, 3.8) is 0 Å². The van der Waals surface area contributed by atoms with Gasteiger partial charge in [-0.2, -0.15) is 0 Å². The van der Waals surface area contributed by atoms with Gasteiger partial charge in [0.15, 0.2) is 6.61 Å². The molecule has 0 saturated carbocycles. The minimum atomic E-state index is -2.91. The van der Waals surface area contributed by atoms with Gasteiger partial charge in [-0.15, -0.1) is 0 Å². The molecule has 2 aromatic rings. The number of anilines is 2. The van der Waals surface area contributed by atoms with E-state index >= 15 is 0 Å². The van der Waals surface area contributed by atoms with Crippen LogP contribution in [-0.4, -0.2) is 53.0 Å². The molecule has 166 valence electrons. The fourth-order valence-corrected chi connectivity index (χ4v) is 3.90. The lowest BCUT2D eigenvalue weighted by atomic mass is 9.98. The summed E-state index contributed by atoms with van der Waals surface area (Å²) in [6.07, 6.45) is 7.45. The number of amides is 1. The van der Waals surface area contributed by atoms with Crippen molar-refractivity contribution in [2.45, 2.75) is 39.0 Å². The topological polar surface area (TPSA) is 71.5 Å². The van der Waals surface area contributed by atoms with Gasteiger partial charge < -0.3 is 14.5 Å². The van der Waals surface area contributed by atoms with Crippen LogP contribution in [0.25, 0.3) is 0 Å². The number of pyridine rings is 1. The van der Waals surface area contributed by atoms with E-state index in [4.69, 9.17) is 4.74 Å². The lowest BCUT2D eigenvalue weighted by Gasteiger charge is -2.38. The molecule has 2 aliphatic rings. The predicted molar refractivity (Wildman–Crippen MR) is 113 cm³/mol. The van der Waals surface area contributed by atoms with Crippen molar-refractivity contribution in [1.29, 1.82) is 0 Å². The highest BCUT2D eigenvalue weighted by Crippen LogP contribution is 2.29. The number of rotatable bonds is 8. The molecule has 2 aliphatic heterocycles. The van der Waals surface area contributed by atoms with Gasteiger partial charge in [-0.25, -0.2) is 23.7 Å². The SMILES string of the molecule is CCC1CN(c2ncc(N3CCC(Cc4ccc(OCC(C)(F)F)nc4)C3=O)cn2)C1. The lowest BCUT2D eigenvalue weighted by molar-refractivity contribution is -0.120. The van der Waals surface area contributed by atoms with Crippen molar-refractivity contribution < 1.29 is 18.3 Å². The zero-order chi connectivity index (χ0) is 22.0. The maximum atomic E-state index is 12.9. The van der Waals surface area contributed by atoms with E-state index in [9.17, 15) is 13.6 Å². The summed E-state index contributed by atoms with van der Waals surface area (Å²) in [4.78, 5) is 29.7. The maximum Gasteiger partial charge on any atom is 0.278 e. The first-order valence-electron chi connectivity index (χ1n) is 10.7. The first-order valence-corrected chi connectivity index (χ1v) is 10.7. The molecule has 4 heterocycles. The maximum absolute atomic E-state index is 12.9. The molecule has 9 heteroatoms. The van der Waals surface area contributed by atoms with Crippen LogP contribution >= 0.6 is 0 Å². The number of hydrogen-bond donors (Lipinski definition) is 0. The summed E-state index contributed by atoms with van der Waals surface area (Å²) >= 11 is 0. The van der Waals surface area contributed by atoms with Gasteiger partial charge in [0.1, 0.15) is 0 Å². The molecule has 1 amide bonds. The smallest absolute Gasteiger partial charge is 0.278 e. The van der Waals surface area contributed by atoms with Gasteiger partial charge in [0.05, 0.1) is 18.1 Å². The Hall–Kier alpha value is -2.84. The lowest BCUT2D eigenvalue weighted by Crippen LogP contribution is -2.47. The molecule has 0 radical (unpaired) electrons. The van der Waals surface area contributed by atoms with E-state index in [0.29, 0.717) is 30.5 Å². The van der Waals surface area contributed by atoms with Crippen LogP contribution in [0.4, 0.5) is 20.4 Å². The Labute approximate surface area is 180 Å². The molecule has 1 atom stereocenters. The molecule has 0 spiro atoms. The van der Waals surface area contributed by atoms with Crippen molar-refractivity contribution in [2.75, 3.05) is 36.0 Å². The number of alkyl halides is 2. The molecular weight excluding hydrogens is 404 g/mol. The van der Waals surface area contributed by atoms with E-state index in [1.54, 1.807) is 35.6 Å². The zero-order valence-corrected chi connectivity index (χ0v) is 17.8. The minimum Gasteiger partial charge on any atom is -0.471 e. The highest BCUT2D eigenvalue weighted by molar-refractivity contribution is 5.97. The standard InChI is InChI=1S/C22H27F2N5O2/c1-3-15-12-28(13-15)21-26-10-18(11-27-21)29-7-6-17(20(29)30)8-16-4-5-19(25-9-16)31-14-22(2,23)24/h4-5,9-11,15,17H,3,6-8,12-14H2,1-2H3. The first-order chi connectivity index (χ1) is 14.8. The fourth-order valence-electron chi connectivity index (χ4n) is 3.90. The van der Waals surface area contributed by atoms with E-state index in [1.807, 2.05) is 0 Å². The van der Waals surface area contributed by atoms with Crippen LogP contribution in [0.5, 0.6) is 5.88 Å². The van der Waals surface area contributed by atoms with Crippen molar-refractivity contribution in [1.82, 2.24) is 15.0 Å². The summed E-state index contributed by atoms with van der Waals surface area (Å²) in [5, 5.41) is 0. The molecule has 31 heavy (non-hydrogen) atoms. The number of halogens is 2. The molecule has 0 aromatic carbocycles. The third kappa shape index (κ3) is 5.08. The molecule has 2 saturated heterocycles. The zero-order valence-electron chi connectivity index (χ0n) is 17.8. The van der Waals surface area contributed by atoms with Crippen molar-refractivity contribution in [3.05, 3.63) is 36.3 Å². The van der Waals surface area contributed by atoms with Crippen molar-refractivity contribution in [2.24, 2.45) is 11.8 Å². The van der Waals surface area contributed by atoms with Crippen LogP contribution in [0.15, 0.2) is 30.7 Å². The fraction of sp³-hybridized carbons (Fsp3) is 0.545. The van der Waals surface area contributed by atoms with Crippen LogP contribution < -0.4 is 14.5 Å². The normalized spacial score (nSPS) is 19.6. The molecule has 1 unspecified atom stereocenters. The molecule has 0 aliphatic carbocycles. The average molecular weight is 431 g/mol. The van der Waals surface area contributed by atoms with Gasteiger partial charge in [-0.3, -0.25) is 4.79 Å². The van der Waals surface area contributed by atoms with Crippen molar-refractivity contribution >= 4 is 17.5 Å². The van der Waals surface area contributed by atoms with E-state index in [2.05, 4.69) is 26.8 Å². The monoisotopic (exact) mass is 431 g/mol. The van der Waals surface area contributed by atoms with E-state index in [-0.39, 0.29) is 17.7 Å². The van der Waals surface area contributed by atoms with Gasteiger partial charge in [0.2, 0.25) is 17.7 Å². The van der Waals surface area contributed by atoms with E-state index in [1.165, 1.54) is 0 Å². The molecule has 2 aromatic heterocycles. The second-order valence-electron chi connectivity index (χ2n) is 8.46. The van der Waals surface area contributed by atoms with Gasteiger partial charge >= 0.3 is 0 Å². The minimum absolute atomic E-state index is 0.0392. The number of carbonyl (C=O) groups excluding carboxylic acids is 1. The summed E-state index contributed by atoms with van der Waals surface area (Å²) in [7, 11) is 0. The summed E-state index contributed by atoms with van der Waals surface area (Å²) < 4.78 is 30.8. The summed E-state index contributed by atoms with van der Waals surface area (Å²) in [6.45, 7) is 4.86. The van der Waals surface area contributed by atoms with Crippen LogP contribution in [0, 0.1) is 11.8 Å². The third-order valence-corrected chi connectivity index (χ3v) is 5.82. The predicted octanol–water partition coefficient (Wildman–Crippen LogP) is 3.35. The second kappa shape index (κ2) is 8.72. The number of aromatic nitrogens is 3. The quantitative estimate of drug-likeness (QED) is 0.638. The Balaban J connectivity index is 1.32. The molecule has 0 N–H and O–H groups in total. The van der Waals surface area contributed by atoms with Crippen LogP contribution in [0.3, 0.4) is 0 Å². The molecule has 4 rings (SSSR count). The molecular formula is C22H27F2N5O2. The number of hydrogen-bond acceptors (Lipinski definition) is 6. The van der Waals surface area contributed by atoms with E-state index in [0.717, 1.165) is 38.4 Å². The number of nitrogens with zero attached hydrogens (tertiary/aromatic N) is 5.